The molecule has 92 valence electrons. The molecule has 2 amide bonds. The summed E-state index contributed by atoms with van der Waals surface area (Å²) in [5.41, 5.74) is 7.70. The topological polar surface area (TPSA) is 85.9 Å². The number of hydrogen-bond acceptors (Lipinski definition) is 4. The van der Waals surface area contributed by atoms with Crippen molar-refractivity contribution in [2.75, 3.05) is 14.2 Å². The minimum absolute atomic E-state index is 0.558. The fourth-order valence-electron chi connectivity index (χ4n) is 1.18. The molecule has 0 bridgehead atoms. The van der Waals surface area contributed by atoms with Gasteiger partial charge in [-0.1, -0.05) is 0 Å². The Labute approximate surface area is 107 Å². The molecule has 6 nitrogen and oxygen atoms in total. The predicted octanol–water partition coefficient (Wildman–Crippen LogP) is 1.47. The van der Waals surface area contributed by atoms with E-state index in [1.807, 2.05) is 0 Å². The van der Waals surface area contributed by atoms with E-state index < -0.39 is 6.03 Å². The zero-order valence-corrected chi connectivity index (χ0v) is 10.9. The summed E-state index contributed by atoms with van der Waals surface area (Å²) in [6.07, 6.45) is 1.44. The third-order valence-electron chi connectivity index (χ3n) is 1.84. The highest BCUT2D eigenvalue weighted by Crippen LogP contribution is 2.35. The van der Waals surface area contributed by atoms with Gasteiger partial charge in [-0.3, -0.25) is 0 Å². The van der Waals surface area contributed by atoms with Crippen LogP contribution in [-0.4, -0.2) is 26.5 Å². The zero-order chi connectivity index (χ0) is 12.8. The number of hydrogen-bond donors (Lipinski definition) is 2. The number of carbonyl (C=O) groups excluding carboxylic acids is 1. The molecule has 0 aliphatic carbocycles. The van der Waals surface area contributed by atoms with E-state index in [2.05, 4.69) is 26.5 Å². The maximum atomic E-state index is 10.4. The Morgan fingerprint density at radius 3 is 2.71 bits per heavy atom. The molecular formula is C10H12BrN3O3. The first-order valence-corrected chi connectivity index (χ1v) is 5.37. The van der Waals surface area contributed by atoms with Gasteiger partial charge >= 0.3 is 6.03 Å². The molecule has 0 aromatic heterocycles. The maximum Gasteiger partial charge on any atom is 0.332 e. The van der Waals surface area contributed by atoms with Gasteiger partial charge in [-0.15, -0.1) is 0 Å². The van der Waals surface area contributed by atoms with Gasteiger partial charge in [0.05, 0.1) is 24.9 Å². The number of nitrogens with one attached hydrogen (secondary N) is 1. The number of nitrogens with zero attached hydrogens (tertiary/aromatic N) is 1. The van der Waals surface area contributed by atoms with Gasteiger partial charge in [0, 0.05) is 0 Å². The summed E-state index contributed by atoms with van der Waals surface area (Å²) in [5.74, 6) is 1.15. The number of nitrogens with two attached hydrogens (primary N) is 1. The molecule has 0 spiro atoms. The lowest BCUT2D eigenvalue weighted by Crippen LogP contribution is -2.24. The van der Waals surface area contributed by atoms with Crippen LogP contribution in [0.3, 0.4) is 0 Å². The van der Waals surface area contributed by atoms with E-state index in [0.29, 0.717) is 11.5 Å². The molecule has 0 fully saturated rings. The molecule has 0 aliphatic heterocycles. The van der Waals surface area contributed by atoms with E-state index in [1.165, 1.54) is 13.3 Å². The average molecular weight is 302 g/mol. The summed E-state index contributed by atoms with van der Waals surface area (Å²) < 4.78 is 11.0. The van der Waals surface area contributed by atoms with Crippen LogP contribution in [0.5, 0.6) is 11.5 Å². The SMILES string of the molecule is COc1cc(/C=N\NC(N)=O)cc(Br)c1OC. The Hall–Kier alpha value is -1.76. The summed E-state index contributed by atoms with van der Waals surface area (Å²) in [7, 11) is 3.08. The van der Waals surface area contributed by atoms with Crippen LogP contribution >= 0.6 is 15.9 Å². The number of methoxy groups -OCH3 is 2. The number of halogens is 1. The first-order chi connectivity index (χ1) is 8.08. The minimum atomic E-state index is -0.721. The number of rotatable bonds is 4. The fourth-order valence-corrected chi connectivity index (χ4v) is 1.80. The van der Waals surface area contributed by atoms with Crippen molar-refractivity contribution in [3.8, 4) is 11.5 Å². The van der Waals surface area contributed by atoms with Crippen LogP contribution in [0, 0.1) is 0 Å². The number of amides is 2. The van der Waals surface area contributed by atoms with Crippen molar-refractivity contribution in [3.63, 3.8) is 0 Å². The second-order valence-corrected chi connectivity index (χ2v) is 3.83. The molecule has 1 aromatic rings. The minimum Gasteiger partial charge on any atom is -0.493 e. The van der Waals surface area contributed by atoms with Crippen molar-refractivity contribution in [1.82, 2.24) is 5.43 Å². The van der Waals surface area contributed by atoms with Crippen molar-refractivity contribution < 1.29 is 14.3 Å². The normalized spacial score (nSPS) is 10.3. The van der Waals surface area contributed by atoms with Gasteiger partial charge in [-0.05, 0) is 33.6 Å². The van der Waals surface area contributed by atoms with Crippen molar-refractivity contribution in [1.29, 1.82) is 0 Å². The van der Waals surface area contributed by atoms with Gasteiger partial charge < -0.3 is 15.2 Å². The van der Waals surface area contributed by atoms with E-state index in [4.69, 9.17) is 15.2 Å². The van der Waals surface area contributed by atoms with Gasteiger partial charge in [0.15, 0.2) is 11.5 Å². The van der Waals surface area contributed by atoms with Crippen LogP contribution in [0.4, 0.5) is 4.79 Å². The summed E-state index contributed by atoms with van der Waals surface area (Å²) in [6.45, 7) is 0. The van der Waals surface area contributed by atoms with Crippen molar-refractivity contribution >= 4 is 28.2 Å². The summed E-state index contributed by atoms with van der Waals surface area (Å²) in [4.78, 5) is 10.4. The van der Waals surface area contributed by atoms with E-state index in [1.54, 1.807) is 19.2 Å². The third-order valence-corrected chi connectivity index (χ3v) is 2.43. The van der Waals surface area contributed by atoms with E-state index in [-0.39, 0.29) is 0 Å². The van der Waals surface area contributed by atoms with Crippen molar-refractivity contribution in [2.45, 2.75) is 0 Å². The van der Waals surface area contributed by atoms with Crippen molar-refractivity contribution in [3.05, 3.63) is 22.2 Å². The molecule has 0 heterocycles. The van der Waals surface area contributed by atoms with Gasteiger partial charge in [0.2, 0.25) is 0 Å². The molecule has 0 aliphatic rings. The lowest BCUT2D eigenvalue weighted by Gasteiger charge is -2.10. The second kappa shape index (κ2) is 6.09. The Bertz CT molecular complexity index is 449. The largest absolute Gasteiger partial charge is 0.493 e. The molecule has 7 heteroatoms. The number of primary amides is 1. The molecule has 17 heavy (non-hydrogen) atoms. The smallest absolute Gasteiger partial charge is 0.332 e. The zero-order valence-electron chi connectivity index (χ0n) is 9.36. The molecule has 0 unspecified atom stereocenters. The lowest BCUT2D eigenvalue weighted by molar-refractivity contribution is 0.249. The monoisotopic (exact) mass is 301 g/mol. The van der Waals surface area contributed by atoms with E-state index in [0.717, 1.165) is 10.0 Å². The molecule has 0 saturated heterocycles. The Morgan fingerprint density at radius 1 is 1.47 bits per heavy atom. The average Bonchev–Trinajstić information content (AvgIpc) is 2.27. The van der Waals surface area contributed by atoms with E-state index in [9.17, 15) is 4.79 Å². The highest BCUT2D eigenvalue weighted by molar-refractivity contribution is 9.10. The van der Waals surface area contributed by atoms with Gasteiger partial charge in [-0.25, -0.2) is 10.2 Å². The molecule has 3 N–H and O–H groups in total. The highest BCUT2D eigenvalue weighted by atomic mass is 79.9. The van der Waals surface area contributed by atoms with Gasteiger partial charge in [0.1, 0.15) is 0 Å². The maximum absolute atomic E-state index is 10.4. The van der Waals surface area contributed by atoms with Crippen LogP contribution in [0.1, 0.15) is 5.56 Å². The number of urea groups is 1. The van der Waals surface area contributed by atoms with Crippen LogP contribution in [-0.2, 0) is 0 Å². The predicted molar refractivity (Wildman–Crippen MR) is 67.6 cm³/mol. The second-order valence-electron chi connectivity index (χ2n) is 2.97. The Kier molecular flexibility index (Phi) is 4.77. The number of carbonyl (C=O) groups is 1. The molecule has 1 rings (SSSR count). The summed E-state index contributed by atoms with van der Waals surface area (Å²) in [6, 6.07) is 2.77. The molecule has 1 aromatic carbocycles. The van der Waals surface area contributed by atoms with Crippen LogP contribution < -0.4 is 20.6 Å². The van der Waals surface area contributed by atoms with Crippen LogP contribution in [0.25, 0.3) is 0 Å². The van der Waals surface area contributed by atoms with Gasteiger partial charge in [-0.2, -0.15) is 5.10 Å². The molecule has 0 radical (unpaired) electrons. The standard InChI is InChI=1S/C10H12BrN3O3/c1-16-8-4-6(5-13-14-10(12)15)3-7(11)9(8)17-2/h3-5H,1-2H3,(H3,12,14,15)/b13-5-. The first kappa shape index (κ1) is 13.3. The molecular weight excluding hydrogens is 290 g/mol. The van der Waals surface area contributed by atoms with Crippen LogP contribution in [0.15, 0.2) is 21.7 Å². The molecule has 0 saturated carbocycles. The van der Waals surface area contributed by atoms with Crippen LogP contribution in [0.2, 0.25) is 0 Å². The molecule has 0 atom stereocenters. The number of ether oxygens (including phenoxy) is 2. The summed E-state index contributed by atoms with van der Waals surface area (Å²) >= 11 is 3.34. The number of benzene rings is 1. The van der Waals surface area contributed by atoms with E-state index >= 15 is 0 Å². The first-order valence-electron chi connectivity index (χ1n) is 4.58. The third kappa shape index (κ3) is 3.63. The summed E-state index contributed by atoms with van der Waals surface area (Å²) in [5, 5.41) is 3.65. The van der Waals surface area contributed by atoms with Crippen molar-refractivity contribution in [2.24, 2.45) is 10.8 Å². The Morgan fingerprint density at radius 2 is 2.18 bits per heavy atom. The van der Waals surface area contributed by atoms with Gasteiger partial charge in [0.25, 0.3) is 0 Å². The number of hydrazone groups is 1. The highest BCUT2D eigenvalue weighted by Gasteiger charge is 2.09. The Balaban J connectivity index is 2.99. The quantitative estimate of drug-likeness (QED) is 0.652. The fraction of sp³-hybridized carbons (Fsp3) is 0.200. The lowest BCUT2D eigenvalue weighted by atomic mass is 10.2.